The number of para-hydroxylation sites is 1. The van der Waals surface area contributed by atoms with E-state index in [2.05, 4.69) is 42.1 Å². The first kappa shape index (κ1) is 18.1. The fourth-order valence-corrected chi connectivity index (χ4v) is 3.90. The highest BCUT2D eigenvalue weighted by atomic mass is 79.9. The van der Waals surface area contributed by atoms with Gasteiger partial charge in [-0.25, -0.2) is 9.97 Å². The first-order valence-electron chi connectivity index (χ1n) is 9.76. The number of benzene rings is 1. The van der Waals surface area contributed by atoms with Gasteiger partial charge in [0.25, 0.3) is 5.91 Å². The molecule has 4 aromatic rings. The average Bonchev–Trinajstić information content (AvgIpc) is 3.38. The summed E-state index contributed by atoms with van der Waals surface area (Å²) >= 11 is 3.57. The molecule has 2 aliphatic rings. The Morgan fingerprint density at radius 2 is 2.10 bits per heavy atom. The van der Waals surface area contributed by atoms with Crippen LogP contribution in [0.25, 0.3) is 27.9 Å². The molecule has 0 saturated heterocycles. The van der Waals surface area contributed by atoms with Gasteiger partial charge in [-0.05, 0) is 40.9 Å². The van der Waals surface area contributed by atoms with Crippen LogP contribution in [0.15, 0.2) is 59.4 Å². The molecule has 10 nitrogen and oxygen atoms in total. The molecule has 154 valence electrons. The summed E-state index contributed by atoms with van der Waals surface area (Å²) in [7, 11) is 0. The molecule has 1 aliphatic heterocycles. The molecule has 0 atom stereocenters. The molecule has 3 N–H and O–H groups in total. The van der Waals surface area contributed by atoms with Gasteiger partial charge in [0.1, 0.15) is 5.70 Å². The minimum Gasteiger partial charge on any atom is -0.364 e. The minimum atomic E-state index is -0.297. The lowest BCUT2D eigenvalue weighted by molar-refractivity contribution is -0.116. The van der Waals surface area contributed by atoms with Crippen LogP contribution in [0.2, 0.25) is 0 Å². The molecule has 1 aliphatic carbocycles. The van der Waals surface area contributed by atoms with Gasteiger partial charge in [-0.2, -0.15) is 9.61 Å². The van der Waals surface area contributed by atoms with Crippen LogP contribution >= 0.6 is 15.9 Å². The number of nitrogens with zero attached hydrogens (tertiary/aromatic N) is 6. The van der Waals surface area contributed by atoms with Crippen LogP contribution in [0, 0.1) is 0 Å². The number of rotatable bonds is 4. The quantitative estimate of drug-likeness (QED) is 0.413. The fraction of sp³-hybridized carbons (Fsp3) is 0.150. The number of fused-ring (bicyclic) bond motifs is 3. The van der Waals surface area contributed by atoms with E-state index in [1.807, 2.05) is 29.1 Å². The van der Waals surface area contributed by atoms with Crippen LogP contribution in [0.5, 0.6) is 0 Å². The van der Waals surface area contributed by atoms with Crippen molar-refractivity contribution in [3.05, 3.63) is 59.4 Å². The summed E-state index contributed by atoms with van der Waals surface area (Å²) in [6.07, 6.45) is 10.8. The lowest BCUT2D eigenvalue weighted by Gasteiger charge is -2.11. The van der Waals surface area contributed by atoms with Gasteiger partial charge in [-0.3, -0.25) is 9.48 Å². The van der Waals surface area contributed by atoms with Crippen LogP contribution in [0.4, 0.5) is 5.95 Å². The minimum absolute atomic E-state index is 0.295. The fourth-order valence-electron chi connectivity index (χ4n) is 3.45. The topological polar surface area (TPSA) is 114 Å². The van der Waals surface area contributed by atoms with Gasteiger partial charge in [0, 0.05) is 34.7 Å². The number of halogens is 1. The van der Waals surface area contributed by atoms with E-state index >= 15 is 0 Å². The maximum atomic E-state index is 12.4. The van der Waals surface area contributed by atoms with E-state index in [1.54, 1.807) is 23.1 Å². The molecule has 0 spiro atoms. The zero-order chi connectivity index (χ0) is 20.9. The van der Waals surface area contributed by atoms with E-state index in [0.717, 1.165) is 28.3 Å². The Labute approximate surface area is 184 Å². The predicted octanol–water partition coefficient (Wildman–Crippen LogP) is 2.68. The molecule has 1 fully saturated rings. The molecule has 1 saturated carbocycles. The largest absolute Gasteiger partial charge is 0.364 e. The van der Waals surface area contributed by atoms with E-state index in [9.17, 15) is 4.79 Å². The SMILES string of the molecule is O=C1NC=CNC=C1Nc1nc2c(Br)cccc2c2nc(-c3cnn(C4CC4)c3)nn12. The summed E-state index contributed by atoms with van der Waals surface area (Å²) in [5.41, 5.74) is 2.47. The Hall–Kier alpha value is -3.73. The van der Waals surface area contributed by atoms with E-state index in [-0.39, 0.29) is 5.91 Å². The van der Waals surface area contributed by atoms with Crippen LogP contribution in [-0.2, 0) is 4.79 Å². The number of nitrogens with one attached hydrogen (secondary N) is 3. The highest BCUT2D eigenvalue weighted by Gasteiger charge is 2.25. The van der Waals surface area contributed by atoms with Gasteiger partial charge >= 0.3 is 0 Å². The Morgan fingerprint density at radius 1 is 1.19 bits per heavy atom. The molecule has 6 rings (SSSR count). The zero-order valence-electron chi connectivity index (χ0n) is 16.1. The monoisotopic (exact) mass is 477 g/mol. The molecule has 0 bridgehead atoms. The predicted molar refractivity (Wildman–Crippen MR) is 118 cm³/mol. The van der Waals surface area contributed by atoms with Crippen molar-refractivity contribution in [3.63, 3.8) is 0 Å². The number of carbonyl (C=O) groups is 1. The second-order valence-corrected chi connectivity index (χ2v) is 8.19. The summed E-state index contributed by atoms with van der Waals surface area (Å²) in [4.78, 5) is 21.9. The van der Waals surface area contributed by atoms with Crippen LogP contribution in [0.1, 0.15) is 18.9 Å². The van der Waals surface area contributed by atoms with Crippen molar-refractivity contribution in [1.29, 1.82) is 0 Å². The number of aromatic nitrogens is 6. The normalized spacial score (nSPS) is 16.2. The number of amides is 1. The molecule has 4 heterocycles. The van der Waals surface area contributed by atoms with Crippen LogP contribution in [0.3, 0.4) is 0 Å². The summed E-state index contributed by atoms with van der Waals surface area (Å²) in [6.45, 7) is 0. The molecular formula is C20H16BrN9O. The van der Waals surface area contributed by atoms with Crippen molar-refractivity contribution in [2.24, 2.45) is 0 Å². The Kier molecular flexibility index (Phi) is 4.03. The third kappa shape index (κ3) is 3.13. The zero-order valence-corrected chi connectivity index (χ0v) is 17.7. The van der Waals surface area contributed by atoms with E-state index < -0.39 is 0 Å². The summed E-state index contributed by atoms with van der Waals surface area (Å²) in [5.74, 6) is 0.616. The maximum absolute atomic E-state index is 12.4. The molecule has 31 heavy (non-hydrogen) atoms. The summed E-state index contributed by atoms with van der Waals surface area (Å²) in [6, 6.07) is 6.26. The Morgan fingerprint density at radius 3 is 2.97 bits per heavy atom. The third-order valence-corrected chi connectivity index (χ3v) is 5.79. The molecule has 1 amide bonds. The van der Waals surface area contributed by atoms with Crippen molar-refractivity contribution >= 4 is 44.3 Å². The Balaban J connectivity index is 1.52. The number of carbonyl (C=O) groups excluding carboxylic acids is 1. The smallest absolute Gasteiger partial charge is 0.273 e. The van der Waals surface area contributed by atoms with Crippen LogP contribution < -0.4 is 16.0 Å². The second kappa shape index (κ2) is 6.91. The van der Waals surface area contributed by atoms with Crippen molar-refractivity contribution in [3.8, 4) is 11.4 Å². The van der Waals surface area contributed by atoms with Crippen molar-refractivity contribution < 1.29 is 4.79 Å². The first-order valence-corrected chi connectivity index (χ1v) is 10.6. The lowest BCUT2D eigenvalue weighted by atomic mass is 10.2. The van der Waals surface area contributed by atoms with Gasteiger partial charge in [0.15, 0.2) is 11.5 Å². The molecule has 1 aromatic carbocycles. The lowest BCUT2D eigenvalue weighted by Crippen LogP contribution is -2.24. The molecule has 0 unspecified atom stereocenters. The van der Waals surface area contributed by atoms with Crippen molar-refractivity contribution in [2.45, 2.75) is 18.9 Å². The van der Waals surface area contributed by atoms with E-state index in [4.69, 9.17) is 9.97 Å². The molecule has 0 radical (unpaired) electrons. The number of hydrogen-bond acceptors (Lipinski definition) is 7. The van der Waals surface area contributed by atoms with Crippen molar-refractivity contribution in [2.75, 3.05) is 5.32 Å². The highest BCUT2D eigenvalue weighted by molar-refractivity contribution is 9.10. The summed E-state index contributed by atoms with van der Waals surface area (Å²) in [5, 5.41) is 18.6. The Bertz CT molecular complexity index is 1410. The average molecular weight is 478 g/mol. The van der Waals surface area contributed by atoms with Gasteiger partial charge in [0.2, 0.25) is 5.95 Å². The van der Waals surface area contributed by atoms with Gasteiger partial charge in [-0.15, -0.1) is 5.10 Å². The summed E-state index contributed by atoms with van der Waals surface area (Å²) < 4.78 is 4.40. The van der Waals surface area contributed by atoms with Gasteiger partial charge in [0.05, 0.1) is 23.3 Å². The molecule has 11 heteroatoms. The molecular weight excluding hydrogens is 462 g/mol. The highest BCUT2D eigenvalue weighted by Crippen LogP contribution is 2.35. The van der Waals surface area contributed by atoms with Crippen LogP contribution in [-0.4, -0.2) is 35.3 Å². The standard InChI is InChI=1S/C20H16BrN9O/c21-14-3-1-2-13-16(14)26-20(25-15-9-22-6-7-23-19(15)31)30-18(13)27-17(28-30)11-8-24-29(10-11)12-4-5-12/h1-3,6-10,12,22H,4-5H2,(H,23,31)(H,25,26). The number of hydrogen-bond donors (Lipinski definition) is 3. The first-order chi connectivity index (χ1) is 15.2. The van der Waals surface area contributed by atoms with E-state index in [0.29, 0.717) is 34.7 Å². The van der Waals surface area contributed by atoms with Gasteiger partial charge in [-0.1, -0.05) is 6.07 Å². The maximum Gasteiger partial charge on any atom is 0.273 e. The van der Waals surface area contributed by atoms with E-state index in [1.165, 1.54) is 6.20 Å². The number of anilines is 1. The van der Waals surface area contributed by atoms with Gasteiger partial charge < -0.3 is 16.0 Å². The van der Waals surface area contributed by atoms with Crippen molar-refractivity contribution in [1.82, 2.24) is 40.0 Å². The molecule has 3 aromatic heterocycles. The third-order valence-electron chi connectivity index (χ3n) is 5.15. The second-order valence-electron chi connectivity index (χ2n) is 7.34.